The Morgan fingerprint density at radius 1 is 1.25 bits per heavy atom. The summed E-state index contributed by atoms with van der Waals surface area (Å²) < 4.78 is 59.5. The van der Waals surface area contributed by atoms with Crippen LogP contribution in [-0.2, 0) is 24.4 Å². The lowest BCUT2D eigenvalue weighted by Gasteiger charge is -2.07. The van der Waals surface area contributed by atoms with E-state index in [-0.39, 0.29) is 18.5 Å². The van der Waals surface area contributed by atoms with Crippen molar-refractivity contribution in [2.45, 2.75) is 29.6 Å². The highest BCUT2D eigenvalue weighted by Gasteiger charge is 2.22. The van der Waals surface area contributed by atoms with Crippen LogP contribution in [0.1, 0.15) is 30.1 Å². The molecule has 0 aromatic heterocycles. The van der Waals surface area contributed by atoms with Crippen LogP contribution in [-0.4, -0.2) is 34.3 Å². The topological polar surface area (TPSA) is 115 Å². The lowest BCUT2D eigenvalue weighted by molar-refractivity contribution is 0.112. The number of carbonyl (C=O) groups is 1. The first-order chi connectivity index (χ1) is 9.22. The van der Waals surface area contributed by atoms with Crippen LogP contribution in [0.15, 0.2) is 28.0 Å². The van der Waals surface area contributed by atoms with E-state index < -0.39 is 30.0 Å². The number of carbonyl (C=O) groups excluding carboxylic acids is 1. The summed E-state index contributed by atoms with van der Waals surface area (Å²) in [5.41, 5.74) is -0.333. The Labute approximate surface area is 117 Å². The van der Waals surface area contributed by atoms with Gasteiger partial charge in [-0.2, -0.15) is 16.8 Å². The molecule has 1 aromatic rings. The van der Waals surface area contributed by atoms with Gasteiger partial charge in [-0.3, -0.25) is 13.5 Å². The first-order valence-electron chi connectivity index (χ1n) is 5.68. The van der Waals surface area contributed by atoms with Crippen molar-refractivity contribution >= 4 is 26.5 Å². The predicted molar refractivity (Wildman–Crippen MR) is 69.7 cm³/mol. The van der Waals surface area contributed by atoms with E-state index >= 15 is 0 Å². The average Bonchev–Trinajstić information content (AvgIpc) is 2.37. The predicted octanol–water partition coefficient (Wildman–Crippen LogP) is 1.25. The monoisotopic (exact) mass is 322 g/mol. The second-order valence-corrected chi connectivity index (χ2v) is 6.93. The number of rotatable bonds is 7. The van der Waals surface area contributed by atoms with Crippen LogP contribution in [0.25, 0.3) is 0 Å². The lowest BCUT2D eigenvalue weighted by atomic mass is 10.2. The molecule has 0 radical (unpaired) electrons. The zero-order valence-corrected chi connectivity index (χ0v) is 12.3. The summed E-state index contributed by atoms with van der Waals surface area (Å²) in [6.45, 7) is 1.82. The zero-order valence-electron chi connectivity index (χ0n) is 10.6. The number of aldehydes is 1. The molecule has 0 aliphatic carbocycles. The third-order valence-electron chi connectivity index (χ3n) is 2.41. The maximum absolute atomic E-state index is 11.8. The number of hydrogen-bond acceptors (Lipinski definition) is 6. The quantitative estimate of drug-likeness (QED) is 0.347. The van der Waals surface area contributed by atoms with Crippen LogP contribution in [0.5, 0.6) is 0 Å². The van der Waals surface area contributed by atoms with Crippen LogP contribution < -0.4 is 0 Å². The van der Waals surface area contributed by atoms with Gasteiger partial charge in [-0.25, -0.2) is 0 Å². The molecule has 0 bridgehead atoms. The third-order valence-corrected chi connectivity index (χ3v) is 4.63. The smallest absolute Gasteiger partial charge is 0.297 e. The highest BCUT2D eigenvalue weighted by molar-refractivity contribution is 7.87. The van der Waals surface area contributed by atoms with Gasteiger partial charge in [-0.15, -0.1) is 0 Å². The number of benzene rings is 1. The Balaban J connectivity index is 3.25. The van der Waals surface area contributed by atoms with Crippen LogP contribution in [0.2, 0.25) is 0 Å². The molecule has 112 valence electrons. The number of hydrogen-bond donors (Lipinski definition) is 1. The summed E-state index contributed by atoms with van der Waals surface area (Å²) in [5.74, 6) is 0. The molecule has 0 saturated heterocycles. The molecule has 0 amide bonds. The van der Waals surface area contributed by atoms with E-state index in [4.69, 9.17) is 8.74 Å². The van der Waals surface area contributed by atoms with Crippen molar-refractivity contribution in [3.8, 4) is 0 Å². The Bertz CT molecular complexity index is 689. The fourth-order valence-corrected chi connectivity index (χ4v) is 3.11. The summed E-state index contributed by atoms with van der Waals surface area (Å²) in [6.07, 6.45) is 1.46. The molecule has 0 heterocycles. The van der Waals surface area contributed by atoms with Gasteiger partial charge < -0.3 is 0 Å². The van der Waals surface area contributed by atoms with Crippen molar-refractivity contribution in [2.75, 3.05) is 6.61 Å². The minimum absolute atomic E-state index is 0.0323. The Kier molecular flexibility index (Phi) is 5.40. The van der Waals surface area contributed by atoms with Crippen molar-refractivity contribution in [1.29, 1.82) is 0 Å². The van der Waals surface area contributed by atoms with Gasteiger partial charge in [0, 0.05) is 5.56 Å². The molecule has 0 aliphatic rings. The van der Waals surface area contributed by atoms with Crippen LogP contribution in [0.3, 0.4) is 0 Å². The molecule has 0 spiro atoms. The molecule has 20 heavy (non-hydrogen) atoms. The van der Waals surface area contributed by atoms with Crippen molar-refractivity contribution in [2.24, 2.45) is 0 Å². The maximum atomic E-state index is 11.8. The minimum Gasteiger partial charge on any atom is -0.298 e. The van der Waals surface area contributed by atoms with E-state index in [0.717, 1.165) is 18.6 Å². The molecule has 0 fully saturated rings. The van der Waals surface area contributed by atoms with E-state index in [0.29, 0.717) is 12.5 Å². The zero-order chi connectivity index (χ0) is 15.4. The molecule has 1 rings (SSSR count). The van der Waals surface area contributed by atoms with Crippen LogP contribution in [0.4, 0.5) is 0 Å². The summed E-state index contributed by atoms with van der Waals surface area (Å²) in [5, 5.41) is 0. The Morgan fingerprint density at radius 3 is 2.40 bits per heavy atom. The van der Waals surface area contributed by atoms with Gasteiger partial charge in [-0.1, -0.05) is 13.3 Å². The van der Waals surface area contributed by atoms with E-state index in [1.165, 1.54) is 0 Å². The molecule has 9 heteroatoms. The molecule has 7 nitrogen and oxygen atoms in total. The molecular formula is C11H14O7S2. The van der Waals surface area contributed by atoms with Gasteiger partial charge in [0.1, 0.15) is 4.90 Å². The second-order valence-electron chi connectivity index (χ2n) is 3.92. The SMILES string of the molecule is CCCCOS(=O)(=O)c1ccc(C=O)c(S(=O)(=O)O)c1. The molecule has 0 aliphatic heterocycles. The first kappa shape index (κ1) is 16.8. The maximum Gasteiger partial charge on any atom is 0.297 e. The third kappa shape index (κ3) is 4.10. The molecule has 1 aromatic carbocycles. The molecule has 0 unspecified atom stereocenters. The summed E-state index contributed by atoms with van der Waals surface area (Å²) in [6, 6.07) is 2.73. The van der Waals surface area contributed by atoms with E-state index in [2.05, 4.69) is 0 Å². The Hall–Kier alpha value is -1.29. The summed E-state index contributed by atoms with van der Waals surface area (Å²) >= 11 is 0. The number of unbranched alkanes of at least 4 members (excludes halogenated alkanes) is 1. The molecular weight excluding hydrogens is 308 g/mol. The lowest BCUT2D eigenvalue weighted by Crippen LogP contribution is -2.10. The fourth-order valence-electron chi connectivity index (χ4n) is 1.37. The van der Waals surface area contributed by atoms with E-state index in [1.54, 1.807) is 0 Å². The largest absolute Gasteiger partial charge is 0.298 e. The minimum atomic E-state index is -4.70. The van der Waals surface area contributed by atoms with Gasteiger partial charge in [0.2, 0.25) is 0 Å². The average molecular weight is 322 g/mol. The van der Waals surface area contributed by atoms with Crippen molar-refractivity contribution in [3.05, 3.63) is 23.8 Å². The molecule has 0 atom stereocenters. The fraction of sp³-hybridized carbons (Fsp3) is 0.364. The van der Waals surface area contributed by atoms with Crippen molar-refractivity contribution in [3.63, 3.8) is 0 Å². The standard InChI is InChI=1S/C11H14O7S2/c1-2-3-6-18-20(16,17)10-5-4-9(8-12)11(7-10)19(13,14)15/h4-5,7-8H,2-3,6H2,1H3,(H,13,14,15). The van der Waals surface area contributed by atoms with Gasteiger partial charge in [0.05, 0.1) is 11.5 Å². The van der Waals surface area contributed by atoms with E-state index in [9.17, 15) is 21.6 Å². The van der Waals surface area contributed by atoms with Crippen molar-refractivity contribution in [1.82, 2.24) is 0 Å². The van der Waals surface area contributed by atoms with Crippen LogP contribution >= 0.6 is 0 Å². The summed E-state index contributed by atoms with van der Waals surface area (Å²) in [4.78, 5) is 9.48. The second kappa shape index (κ2) is 6.44. The van der Waals surface area contributed by atoms with Gasteiger partial charge in [-0.05, 0) is 24.6 Å². The highest BCUT2D eigenvalue weighted by atomic mass is 32.2. The van der Waals surface area contributed by atoms with Crippen molar-refractivity contribution < 1.29 is 30.4 Å². The molecule has 1 N–H and O–H groups in total. The van der Waals surface area contributed by atoms with Crippen LogP contribution in [0, 0.1) is 0 Å². The summed E-state index contributed by atoms with van der Waals surface area (Å²) in [7, 11) is -8.84. The normalized spacial score (nSPS) is 12.3. The molecule has 0 saturated carbocycles. The van der Waals surface area contributed by atoms with Gasteiger partial charge in [0.15, 0.2) is 6.29 Å². The first-order valence-corrected chi connectivity index (χ1v) is 8.53. The highest BCUT2D eigenvalue weighted by Crippen LogP contribution is 2.21. The Morgan fingerprint density at radius 2 is 1.90 bits per heavy atom. The van der Waals surface area contributed by atoms with E-state index in [1.807, 2.05) is 6.92 Å². The van der Waals surface area contributed by atoms with Gasteiger partial charge in [0.25, 0.3) is 20.2 Å². The van der Waals surface area contributed by atoms with Gasteiger partial charge >= 0.3 is 0 Å².